The molecule has 0 spiro atoms. The van der Waals surface area contributed by atoms with E-state index in [0.29, 0.717) is 0 Å². The van der Waals surface area contributed by atoms with Gasteiger partial charge in [-0.25, -0.2) is 4.79 Å². The second kappa shape index (κ2) is 3.96. The lowest BCUT2D eigenvalue weighted by Gasteiger charge is -2.27. The first-order valence-electron chi connectivity index (χ1n) is 5.11. The summed E-state index contributed by atoms with van der Waals surface area (Å²) in [6.07, 6.45) is 1.56. The summed E-state index contributed by atoms with van der Waals surface area (Å²) in [5, 5.41) is 2.93. The van der Waals surface area contributed by atoms with Crippen molar-refractivity contribution in [2.24, 2.45) is 4.99 Å². The van der Waals surface area contributed by atoms with Crippen LogP contribution < -0.4 is 5.32 Å². The van der Waals surface area contributed by atoms with Crippen molar-refractivity contribution in [3.8, 4) is 0 Å². The SMILES string of the molecule is COC(=O)[C@H]1NC=N[C@]1(C)c1ccccc1. The maximum atomic E-state index is 11.6. The second-order valence-corrected chi connectivity index (χ2v) is 3.89. The minimum atomic E-state index is -0.589. The number of hydrogen-bond acceptors (Lipinski definition) is 4. The zero-order chi connectivity index (χ0) is 11.6. The van der Waals surface area contributed by atoms with Crippen LogP contribution in [0.4, 0.5) is 0 Å². The highest BCUT2D eigenvalue weighted by atomic mass is 16.5. The van der Waals surface area contributed by atoms with Crippen LogP contribution in [0.5, 0.6) is 0 Å². The molecule has 0 aromatic heterocycles. The number of rotatable bonds is 2. The lowest BCUT2D eigenvalue weighted by atomic mass is 9.86. The molecule has 0 bridgehead atoms. The Labute approximate surface area is 94.3 Å². The van der Waals surface area contributed by atoms with Crippen molar-refractivity contribution in [1.29, 1.82) is 0 Å². The molecular formula is C12H14N2O2. The Morgan fingerprint density at radius 1 is 1.44 bits per heavy atom. The van der Waals surface area contributed by atoms with E-state index in [9.17, 15) is 4.79 Å². The summed E-state index contributed by atoms with van der Waals surface area (Å²) in [5.41, 5.74) is 0.403. The number of aliphatic imine (C=N–C) groups is 1. The smallest absolute Gasteiger partial charge is 0.331 e. The van der Waals surface area contributed by atoms with Crippen LogP contribution in [0.1, 0.15) is 12.5 Å². The average molecular weight is 218 g/mol. The van der Waals surface area contributed by atoms with Gasteiger partial charge in [-0.3, -0.25) is 4.99 Å². The van der Waals surface area contributed by atoms with Gasteiger partial charge in [-0.15, -0.1) is 0 Å². The molecule has 0 unspecified atom stereocenters. The fourth-order valence-corrected chi connectivity index (χ4v) is 1.91. The van der Waals surface area contributed by atoms with Gasteiger partial charge < -0.3 is 10.1 Å². The Morgan fingerprint density at radius 3 is 2.75 bits per heavy atom. The van der Waals surface area contributed by atoms with Crippen LogP contribution in [-0.2, 0) is 15.1 Å². The first kappa shape index (κ1) is 10.7. The topological polar surface area (TPSA) is 50.7 Å². The maximum Gasteiger partial charge on any atom is 0.331 e. The fraction of sp³-hybridized carbons (Fsp3) is 0.333. The third-order valence-corrected chi connectivity index (χ3v) is 2.93. The molecule has 1 aromatic carbocycles. The molecule has 1 aromatic rings. The predicted octanol–water partition coefficient (Wildman–Crippen LogP) is 1.07. The first-order chi connectivity index (χ1) is 7.68. The average Bonchev–Trinajstić information content (AvgIpc) is 2.73. The van der Waals surface area contributed by atoms with Crippen molar-refractivity contribution in [3.05, 3.63) is 35.9 Å². The molecule has 0 saturated carbocycles. The van der Waals surface area contributed by atoms with Crippen LogP contribution in [0.25, 0.3) is 0 Å². The van der Waals surface area contributed by atoms with Crippen LogP contribution in [0.2, 0.25) is 0 Å². The third-order valence-electron chi connectivity index (χ3n) is 2.93. The Hall–Kier alpha value is -1.84. The zero-order valence-electron chi connectivity index (χ0n) is 9.31. The van der Waals surface area contributed by atoms with Crippen molar-refractivity contribution >= 4 is 12.3 Å². The van der Waals surface area contributed by atoms with E-state index < -0.39 is 11.6 Å². The summed E-state index contributed by atoms with van der Waals surface area (Å²) in [7, 11) is 1.38. The summed E-state index contributed by atoms with van der Waals surface area (Å²) in [6.45, 7) is 1.92. The van der Waals surface area contributed by atoms with Gasteiger partial charge >= 0.3 is 5.97 Å². The quantitative estimate of drug-likeness (QED) is 0.755. The summed E-state index contributed by atoms with van der Waals surface area (Å²) in [5.74, 6) is -0.302. The van der Waals surface area contributed by atoms with Gasteiger partial charge in [0.05, 0.1) is 13.4 Å². The number of nitrogens with one attached hydrogen (secondary N) is 1. The van der Waals surface area contributed by atoms with Gasteiger partial charge in [0, 0.05) is 0 Å². The van der Waals surface area contributed by atoms with E-state index in [4.69, 9.17) is 4.74 Å². The van der Waals surface area contributed by atoms with E-state index in [1.54, 1.807) is 6.34 Å². The van der Waals surface area contributed by atoms with E-state index in [-0.39, 0.29) is 5.97 Å². The molecule has 84 valence electrons. The zero-order valence-corrected chi connectivity index (χ0v) is 9.31. The Bertz CT molecular complexity index is 416. The lowest BCUT2D eigenvalue weighted by Crippen LogP contribution is -2.46. The number of esters is 1. The molecule has 0 fully saturated rings. The molecule has 1 aliphatic heterocycles. The molecule has 1 aliphatic rings. The number of ether oxygens (including phenoxy) is 1. The normalized spacial score (nSPS) is 27.5. The van der Waals surface area contributed by atoms with E-state index in [0.717, 1.165) is 5.56 Å². The van der Waals surface area contributed by atoms with Crippen LogP contribution in [0, 0.1) is 0 Å². The summed E-state index contributed by atoms with van der Waals surface area (Å²) in [6, 6.07) is 9.26. The standard InChI is InChI=1S/C12H14N2O2/c1-12(9-6-4-3-5-7-9)10(11(15)16-2)13-8-14-12/h3-8,10H,1-2H3,(H,13,14)/t10-,12-/m1/s1. The molecular weight excluding hydrogens is 204 g/mol. The van der Waals surface area contributed by atoms with Crippen molar-refractivity contribution < 1.29 is 9.53 Å². The number of nitrogens with zero attached hydrogens (tertiary/aromatic N) is 1. The van der Waals surface area contributed by atoms with Crippen molar-refractivity contribution in [1.82, 2.24) is 5.32 Å². The molecule has 2 atom stereocenters. The van der Waals surface area contributed by atoms with Crippen LogP contribution in [0.15, 0.2) is 35.3 Å². The maximum absolute atomic E-state index is 11.6. The minimum absolute atomic E-state index is 0.302. The van der Waals surface area contributed by atoms with Crippen LogP contribution in [0.3, 0.4) is 0 Å². The van der Waals surface area contributed by atoms with E-state index in [1.165, 1.54) is 7.11 Å². The monoisotopic (exact) mass is 218 g/mol. The van der Waals surface area contributed by atoms with Crippen LogP contribution in [-0.4, -0.2) is 25.5 Å². The number of carbonyl (C=O) groups is 1. The number of methoxy groups -OCH3 is 1. The molecule has 0 aliphatic carbocycles. The molecule has 4 nitrogen and oxygen atoms in total. The van der Waals surface area contributed by atoms with Gasteiger partial charge in [0.25, 0.3) is 0 Å². The predicted molar refractivity (Wildman–Crippen MR) is 61.2 cm³/mol. The van der Waals surface area contributed by atoms with Gasteiger partial charge in [0.2, 0.25) is 0 Å². The lowest BCUT2D eigenvalue weighted by molar-refractivity contribution is -0.144. The Balaban J connectivity index is 2.37. The first-order valence-corrected chi connectivity index (χ1v) is 5.11. The minimum Gasteiger partial charge on any atom is -0.467 e. The molecule has 4 heteroatoms. The highest BCUT2D eigenvalue weighted by Crippen LogP contribution is 2.31. The van der Waals surface area contributed by atoms with Gasteiger partial charge in [-0.05, 0) is 12.5 Å². The van der Waals surface area contributed by atoms with E-state index in [1.807, 2.05) is 37.3 Å². The largest absolute Gasteiger partial charge is 0.467 e. The van der Waals surface area contributed by atoms with Crippen molar-refractivity contribution in [2.45, 2.75) is 18.5 Å². The highest BCUT2D eigenvalue weighted by molar-refractivity contribution is 5.83. The highest BCUT2D eigenvalue weighted by Gasteiger charge is 2.43. The second-order valence-electron chi connectivity index (χ2n) is 3.89. The molecule has 0 saturated heterocycles. The Kier molecular flexibility index (Phi) is 2.64. The van der Waals surface area contributed by atoms with Crippen molar-refractivity contribution in [3.63, 3.8) is 0 Å². The number of benzene rings is 1. The molecule has 16 heavy (non-hydrogen) atoms. The van der Waals surface area contributed by atoms with E-state index in [2.05, 4.69) is 10.3 Å². The molecule has 2 rings (SSSR count). The molecule has 1 N–H and O–H groups in total. The molecule has 0 radical (unpaired) electrons. The third kappa shape index (κ3) is 1.56. The van der Waals surface area contributed by atoms with Gasteiger partial charge in [-0.2, -0.15) is 0 Å². The van der Waals surface area contributed by atoms with E-state index >= 15 is 0 Å². The summed E-state index contributed by atoms with van der Waals surface area (Å²) < 4.78 is 4.77. The summed E-state index contributed by atoms with van der Waals surface area (Å²) >= 11 is 0. The number of hydrogen-bond donors (Lipinski definition) is 1. The van der Waals surface area contributed by atoms with Gasteiger partial charge in [0.1, 0.15) is 5.54 Å². The molecule has 1 heterocycles. The molecule has 0 amide bonds. The van der Waals surface area contributed by atoms with Gasteiger partial charge in [-0.1, -0.05) is 30.3 Å². The Morgan fingerprint density at radius 2 is 2.12 bits per heavy atom. The van der Waals surface area contributed by atoms with Crippen LogP contribution >= 0.6 is 0 Å². The van der Waals surface area contributed by atoms with Gasteiger partial charge in [0.15, 0.2) is 6.04 Å². The summed E-state index contributed by atoms with van der Waals surface area (Å²) in [4.78, 5) is 16.0. The van der Waals surface area contributed by atoms with Crippen molar-refractivity contribution in [2.75, 3.05) is 7.11 Å². The number of carbonyl (C=O) groups excluding carboxylic acids is 1. The fourth-order valence-electron chi connectivity index (χ4n) is 1.91.